The Labute approximate surface area is 201 Å². The van der Waals surface area contributed by atoms with Gasteiger partial charge >= 0.3 is 0 Å². The van der Waals surface area contributed by atoms with Gasteiger partial charge in [-0.2, -0.15) is 0 Å². The molecule has 0 fully saturated rings. The average Bonchev–Trinajstić information content (AvgIpc) is 2.74. The van der Waals surface area contributed by atoms with Crippen LogP contribution in [0.1, 0.15) is 38.8 Å². The Morgan fingerprint density at radius 1 is 1.03 bits per heavy atom. The van der Waals surface area contributed by atoms with Gasteiger partial charge in [-0.1, -0.05) is 56.6 Å². The second kappa shape index (κ2) is 10.6. The summed E-state index contributed by atoms with van der Waals surface area (Å²) in [6.07, 6.45) is 1.06. The van der Waals surface area contributed by atoms with E-state index in [1.54, 1.807) is 43.3 Å². The predicted octanol–water partition coefficient (Wildman–Crippen LogP) is 3.57. The van der Waals surface area contributed by atoms with E-state index >= 15 is 0 Å². The molecule has 7 nitrogen and oxygen atoms in total. The van der Waals surface area contributed by atoms with Crippen LogP contribution in [0.15, 0.2) is 48.5 Å². The minimum absolute atomic E-state index is 0.0946. The maximum Gasteiger partial charge on any atom is 0.244 e. The lowest BCUT2D eigenvalue weighted by atomic mass is 9.87. The first-order valence-corrected chi connectivity index (χ1v) is 12.8. The lowest BCUT2D eigenvalue weighted by Gasteiger charge is -2.31. The number of rotatable bonds is 8. The summed E-state index contributed by atoms with van der Waals surface area (Å²) in [7, 11) is -2.27. The van der Waals surface area contributed by atoms with Crippen molar-refractivity contribution in [2.45, 2.75) is 45.7 Å². The molecule has 0 aliphatic carbocycles. The number of amides is 2. The van der Waals surface area contributed by atoms with Crippen LogP contribution in [0.3, 0.4) is 0 Å². The summed E-state index contributed by atoms with van der Waals surface area (Å²) in [6.45, 7) is 7.50. The molecule has 0 spiro atoms. The number of carbonyl (C=O) groups is 2. The third-order valence-electron chi connectivity index (χ3n) is 5.38. The van der Waals surface area contributed by atoms with Gasteiger partial charge in [-0.15, -0.1) is 0 Å². The molecule has 0 heterocycles. The van der Waals surface area contributed by atoms with Crippen molar-refractivity contribution in [3.63, 3.8) is 0 Å². The van der Waals surface area contributed by atoms with Crippen LogP contribution in [0.4, 0.5) is 5.69 Å². The number of nitrogens with one attached hydrogen (secondary N) is 1. The van der Waals surface area contributed by atoms with E-state index in [9.17, 15) is 18.0 Å². The SMILES string of the molecule is CNC(=O)[C@H](C)N(Cc1ccc(Cl)cc1)C(=O)CN(c1ccc(C(C)(C)C)cc1)S(C)(=O)=O. The maximum absolute atomic E-state index is 13.3. The van der Waals surface area contributed by atoms with Crippen LogP contribution in [-0.2, 0) is 31.6 Å². The molecule has 2 rings (SSSR count). The summed E-state index contributed by atoms with van der Waals surface area (Å²) in [6, 6.07) is 13.2. The third-order valence-corrected chi connectivity index (χ3v) is 6.77. The highest BCUT2D eigenvalue weighted by Gasteiger charge is 2.29. The van der Waals surface area contributed by atoms with Gasteiger partial charge in [-0.25, -0.2) is 8.42 Å². The summed E-state index contributed by atoms with van der Waals surface area (Å²) in [5, 5.41) is 3.10. The molecule has 2 aromatic carbocycles. The molecule has 0 saturated heterocycles. The van der Waals surface area contributed by atoms with E-state index in [1.165, 1.54) is 11.9 Å². The third kappa shape index (κ3) is 7.20. The Morgan fingerprint density at radius 3 is 2.03 bits per heavy atom. The molecule has 0 aromatic heterocycles. The van der Waals surface area contributed by atoms with Crippen LogP contribution in [0.25, 0.3) is 0 Å². The zero-order valence-electron chi connectivity index (χ0n) is 19.9. The molecular formula is C24H32ClN3O4S. The van der Waals surface area contributed by atoms with Crippen molar-refractivity contribution in [1.82, 2.24) is 10.2 Å². The van der Waals surface area contributed by atoms with Crippen LogP contribution >= 0.6 is 11.6 Å². The Morgan fingerprint density at radius 2 is 1.58 bits per heavy atom. The maximum atomic E-state index is 13.3. The van der Waals surface area contributed by atoms with Crippen molar-refractivity contribution in [2.24, 2.45) is 0 Å². The van der Waals surface area contributed by atoms with Gasteiger partial charge in [-0.3, -0.25) is 13.9 Å². The lowest BCUT2D eigenvalue weighted by Crippen LogP contribution is -2.50. The molecule has 33 heavy (non-hydrogen) atoms. The molecule has 0 aliphatic heterocycles. The first-order chi connectivity index (χ1) is 15.2. The molecular weight excluding hydrogens is 462 g/mol. The average molecular weight is 494 g/mol. The zero-order valence-corrected chi connectivity index (χ0v) is 21.5. The number of benzene rings is 2. The van der Waals surface area contributed by atoms with E-state index < -0.39 is 28.5 Å². The standard InChI is InChI=1S/C24H32ClN3O4S/c1-17(23(30)26-5)27(15-18-7-11-20(25)12-8-18)22(29)16-28(33(6,31)32)21-13-9-19(10-14-21)24(2,3)4/h7-14,17H,15-16H2,1-6H3,(H,26,30)/t17-/m0/s1. The summed E-state index contributed by atoms with van der Waals surface area (Å²) in [5.74, 6) is -0.843. The highest BCUT2D eigenvalue weighted by Crippen LogP contribution is 2.26. The van der Waals surface area contributed by atoms with E-state index in [0.717, 1.165) is 21.7 Å². The summed E-state index contributed by atoms with van der Waals surface area (Å²) < 4.78 is 26.2. The second-order valence-corrected chi connectivity index (χ2v) is 11.3. The Kier molecular flexibility index (Phi) is 8.54. The number of likely N-dealkylation sites (N-methyl/N-ethyl adjacent to an activating group) is 1. The Hall–Kier alpha value is -2.58. The number of halogens is 1. The van der Waals surface area contributed by atoms with Crippen LogP contribution < -0.4 is 9.62 Å². The molecule has 9 heteroatoms. The fourth-order valence-electron chi connectivity index (χ4n) is 3.32. The van der Waals surface area contributed by atoms with Gasteiger partial charge in [0, 0.05) is 18.6 Å². The zero-order chi connectivity index (χ0) is 25.0. The normalized spacial score (nSPS) is 12.7. The molecule has 2 aromatic rings. The van der Waals surface area contributed by atoms with Gasteiger partial charge in [0.25, 0.3) is 0 Å². The van der Waals surface area contributed by atoms with Gasteiger partial charge in [0.15, 0.2) is 0 Å². The van der Waals surface area contributed by atoms with Crippen molar-refractivity contribution in [3.8, 4) is 0 Å². The number of carbonyl (C=O) groups excluding carboxylic acids is 2. The number of hydrogen-bond acceptors (Lipinski definition) is 4. The first-order valence-electron chi connectivity index (χ1n) is 10.6. The van der Waals surface area contributed by atoms with Crippen molar-refractivity contribution >= 4 is 39.1 Å². The number of nitrogens with zero attached hydrogens (tertiary/aromatic N) is 2. The fraction of sp³-hybridized carbons (Fsp3) is 0.417. The molecule has 1 atom stereocenters. The lowest BCUT2D eigenvalue weighted by molar-refractivity contribution is -0.139. The molecule has 0 radical (unpaired) electrons. The van der Waals surface area contributed by atoms with E-state index in [1.807, 2.05) is 12.1 Å². The topological polar surface area (TPSA) is 86.8 Å². The van der Waals surface area contributed by atoms with Gasteiger partial charge < -0.3 is 10.2 Å². The van der Waals surface area contributed by atoms with E-state index in [0.29, 0.717) is 10.7 Å². The smallest absolute Gasteiger partial charge is 0.244 e. The van der Waals surface area contributed by atoms with Crippen molar-refractivity contribution in [1.29, 1.82) is 0 Å². The van der Waals surface area contributed by atoms with Crippen molar-refractivity contribution < 1.29 is 18.0 Å². The molecule has 0 aliphatic rings. The van der Waals surface area contributed by atoms with Crippen LogP contribution in [-0.4, -0.2) is 51.0 Å². The summed E-state index contributed by atoms with van der Waals surface area (Å²) in [4.78, 5) is 27.0. The summed E-state index contributed by atoms with van der Waals surface area (Å²) >= 11 is 5.95. The monoisotopic (exact) mass is 493 g/mol. The highest BCUT2D eigenvalue weighted by molar-refractivity contribution is 7.92. The Balaban J connectivity index is 2.37. The number of hydrogen-bond donors (Lipinski definition) is 1. The quantitative estimate of drug-likeness (QED) is 0.609. The molecule has 0 bridgehead atoms. The highest BCUT2D eigenvalue weighted by atomic mass is 35.5. The van der Waals surface area contributed by atoms with Gasteiger partial charge in [0.1, 0.15) is 12.6 Å². The van der Waals surface area contributed by atoms with E-state index in [-0.39, 0.29) is 17.9 Å². The first kappa shape index (κ1) is 26.7. The minimum atomic E-state index is -3.76. The fourth-order valence-corrected chi connectivity index (χ4v) is 4.30. The van der Waals surface area contributed by atoms with Gasteiger partial charge in [-0.05, 0) is 47.7 Å². The van der Waals surface area contributed by atoms with Crippen molar-refractivity contribution in [2.75, 3.05) is 24.2 Å². The summed E-state index contributed by atoms with van der Waals surface area (Å²) in [5.41, 5.74) is 2.10. The Bertz CT molecular complexity index is 1080. The van der Waals surface area contributed by atoms with E-state index in [4.69, 9.17) is 11.6 Å². The van der Waals surface area contributed by atoms with Crippen LogP contribution in [0, 0.1) is 0 Å². The largest absolute Gasteiger partial charge is 0.357 e. The van der Waals surface area contributed by atoms with Gasteiger partial charge in [0.2, 0.25) is 21.8 Å². The number of anilines is 1. The second-order valence-electron chi connectivity index (χ2n) is 9.00. The van der Waals surface area contributed by atoms with Crippen molar-refractivity contribution in [3.05, 3.63) is 64.7 Å². The molecule has 0 saturated carbocycles. The van der Waals surface area contributed by atoms with Crippen LogP contribution in [0.5, 0.6) is 0 Å². The molecule has 180 valence electrons. The predicted molar refractivity (Wildman–Crippen MR) is 133 cm³/mol. The molecule has 2 amide bonds. The molecule has 0 unspecified atom stereocenters. The van der Waals surface area contributed by atoms with Gasteiger partial charge in [0.05, 0.1) is 11.9 Å². The molecule has 1 N–H and O–H groups in total. The van der Waals surface area contributed by atoms with E-state index in [2.05, 4.69) is 26.1 Å². The number of sulfonamides is 1. The minimum Gasteiger partial charge on any atom is -0.357 e. The van der Waals surface area contributed by atoms with Crippen LogP contribution in [0.2, 0.25) is 5.02 Å².